The molecule has 0 unspecified atom stereocenters. The van der Waals surface area contributed by atoms with Crippen molar-refractivity contribution in [3.63, 3.8) is 0 Å². The van der Waals surface area contributed by atoms with Crippen LogP contribution in [0.5, 0.6) is 5.75 Å². The first-order valence-corrected chi connectivity index (χ1v) is 6.57. The molecule has 2 N–H and O–H groups in total. The molecule has 0 amide bonds. The molecule has 1 heterocycles. The first-order valence-electron chi connectivity index (χ1n) is 6.57. The number of hydrogen-bond donors (Lipinski definition) is 2. The van der Waals surface area contributed by atoms with Crippen LogP contribution in [0.15, 0.2) is 30.5 Å². The van der Waals surface area contributed by atoms with Gasteiger partial charge in [0.2, 0.25) is 0 Å². The number of rotatable bonds is 6. The Hall–Kier alpha value is -2.30. The molecule has 106 valence electrons. The lowest BCUT2D eigenvalue weighted by Gasteiger charge is -2.12. The highest BCUT2D eigenvalue weighted by Crippen LogP contribution is 2.26. The fraction of sp³-hybridized carbons (Fsp3) is 0.333. The van der Waals surface area contributed by atoms with E-state index in [9.17, 15) is 4.79 Å². The molecular formula is C15H18N2O3. The number of aromatic nitrogens is 1. The zero-order valence-corrected chi connectivity index (χ0v) is 11.6. The van der Waals surface area contributed by atoms with Gasteiger partial charge in [0.25, 0.3) is 0 Å². The maximum atomic E-state index is 10.6. The maximum Gasteiger partial charge on any atom is 0.305 e. The second-order valence-electron chi connectivity index (χ2n) is 4.77. The van der Waals surface area contributed by atoms with Gasteiger partial charge in [0.05, 0.1) is 18.0 Å². The van der Waals surface area contributed by atoms with Crippen LogP contribution in [-0.2, 0) is 4.79 Å². The van der Waals surface area contributed by atoms with Crippen LogP contribution in [0, 0.1) is 0 Å². The molecule has 0 saturated heterocycles. The van der Waals surface area contributed by atoms with Crippen LogP contribution in [0.1, 0.15) is 20.3 Å². The minimum absolute atomic E-state index is 0.0754. The van der Waals surface area contributed by atoms with Gasteiger partial charge in [-0.05, 0) is 38.1 Å². The lowest BCUT2D eigenvalue weighted by Crippen LogP contribution is -2.08. The van der Waals surface area contributed by atoms with Crippen LogP contribution in [0.4, 0.5) is 5.69 Å². The fourth-order valence-corrected chi connectivity index (χ4v) is 1.93. The molecule has 1 aromatic heterocycles. The predicted molar refractivity (Wildman–Crippen MR) is 78.2 cm³/mol. The van der Waals surface area contributed by atoms with Crippen LogP contribution in [0.3, 0.4) is 0 Å². The standard InChI is InChI=1S/C15H18N2O3/c1-10(2)20-11-3-4-13-12(9-11)14(5-7-16-13)17-8-6-15(18)19/h3-5,7,9-10H,6,8H2,1-2H3,(H,16,17)(H,18,19). The number of nitrogens with one attached hydrogen (secondary N) is 1. The number of carbonyl (C=O) groups is 1. The normalized spacial score (nSPS) is 10.8. The highest BCUT2D eigenvalue weighted by atomic mass is 16.5. The second-order valence-corrected chi connectivity index (χ2v) is 4.77. The van der Waals surface area contributed by atoms with E-state index in [1.54, 1.807) is 6.20 Å². The first kappa shape index (κ1) is 14.1. The Balaban J connectivity index is 2.26. The van der Waals surface area contributed by atoms with Gasteiger partial charge in [-0.15, -0.1) is 0 Å². The van der Waals surface area contributed by atoms with E-state index in [0.29, 0.717) is 6.54 Å². The number of benzene rings is 1. The van der Waals surface area contributed by atoms with Crippen molar-refractivity contribution in [2.75, 3.05) is 11.9 Å². The van der Waals surface area contributed by atoms with Crippen LogP contribution in [-0.4, -0.2) is 28.7 Å². The van der Waals surface area contributed by atoms with Crippen LogP contribution >= 0.6 is 0 Å². The molecule has 0 atom stereocenters. The Bertz CT molecular complexity index is 611. The summed E-state index contributed by atoms with van der Waals surface area (Å²) in [5, 5.41) is 12.7. The molecule has 0 spiro atoms. The minimum Gasteiger partial charge on any atom is -0.491 e. The van der Waals surface area contributed by atoms with E-state index in [4.69, 9.17) is 9.84 Å². The summed E-state index contributed by atoms with van der Waals surface area (Å²) < 4.78 is 5.67. The van der Waals surface area contributed by atoms with Crippen molar-refractivity contribution in [3.05, 3.63) is 30.5 Å². The van der Waals surface area contributed by atoms with Gasteiger partial charge < -0.3 is 15.2 Å². The summed E-state index contributed by atoms with van der Waals surface area (Å²) in [5.74, 6) is -0.0403. The maximum absolute atomic E-state index is 10.6. The van der Waals surface area contributed by atoms with E-state index in [2.05, 4.69) is 10.3 Å². The number of hydrogen-bond acceptors (Lipinski definition) is 4. The minimum atomic E-state index is -0.820. The van der Waals surface area contributed by atoms with Crippen molar-refractivity contribution in [1.29, 1.82) is 0 Å². The van der Waals surface area contributed by atoms with Gasteiger partial charge in [0, 0.05) is 23.8 Å². The molecule has 20 heavy (non-hydrogen) atoms. The Kier molecular flexibility index (Phi) is 4.40. The van der Waals surface area contributed by atoms with Crippen LogP contribution in [0.25, 0.3) is 10.9 Å². The number of carboxylic acids is 1. The van der Waals surface area contributed by atoms with Gasteiger partial charge in [0.1, 0.15) is 5.75 Å². The van der Waals surface area contributed by atoms with Gasteiger partial charge in [-0.2, -0.15) is 0 Å². The van der Waals surface area contributed by atoms with Crippen LogP contribution in [0.2, 0.25) is 0 Å². The van der Waals surface area contributed by atoms with E-state index >= 15 is 0 Å². The van der Waals surface area contributed by atoms with Crippen molar-refractivity contribution < 1.29 is 14.6 Å². The zero-order valence-electron chi connectivity index (χ0n) is 11.6. The molecule has 1 aromatic carbocycles. The Labute approximate surface area is 117 Å². The number of aliphatic carboxylic acids is 1. The topological polar surface area (TPSA) is 71.5 Å². The van der Waals surface area contributed by atoms with Gasteiger partial charge in [-0.3, -0.25) is 9.78 Å². The number of pyridine rings is 1. The van der Waals surface area contributed by atoms with Gasteiger partial charge in [0.15, 0.2) is 0 Å². The quantitative estimate of drug-likeness (QED) is 0.847. The molecular weight excluding hydrogens is 256 g/mol. The average molecular weight is 274 g/mol. The summed E-state index contributed by atoms with van der Waals surface area (Å²) in [4.78, 5) is 14.8. The number of carboxylic acid groups (broad SMARTS) is 1. The van der Waals surface area contributed by atoms with Crippen molar-refractivity contribution in [3.8, 4) is 5.75 Å². The van der Waals surface area contributed by atoms with E-state index < -0.39 is 5.97 Å². The Morgan fingerprint density at radius 1 is 1.40 bits per heavy atom. The second kappa shape index (κ2) is 6.23. The van der Waals surface area contributed by atoms with Crippen molar-refractivity contribution in [2.45, 2.75) is 26.4 Å². The molecule has 0 radical (unpaired) electrons. The number of anilines is 1. The molecule has 2 aromatic rings. The Morgan fingerprint density at radius 3 is 2.90 bits per heavy atom. The molecule has 0 aliphatic rings. The predicted octanol–water partition coefficient (Wildman–Crippen LogP) is 2.91. The largest absolute Gasteiger partial charge is 0.491 e. The van der Waals surface area contributed by atoms with E-state index in [-0.39, 0.29) is 12.5 Å². The first-order chi connectivity index (χ1) is 9.56. The monoisotopic (exact) mass is 274 g/mol. The average Bonchev–Trinajstić information content (AvgIpc) is 2.38. The molecule has 0 saturated carbocycles. The Morgan fingerprint density at radius 2 is 2.20 bits per heavy atom. The van der Waals surface area contributed by atoms with Crippen molar-refractivity contribution in [2.24, 2.45) is 0 Å². The summed E-state index contributed by atoms with van der Waals surface area (Å²) in [6.45, 7) is 4.32. The summed E-state index contributed by atoms with van der Waals surface area (Å²) >= 11 is 0. The summed E-state index contributed by atoms with van der Waals surface area (Å²) in [6, 6.07) is 7.54. The third-order valence-electron chi connectivity index (χ3n) is 2.74. The lowest BCUT2D eigenvalue weighted by molar-refractivity contribution is -0.136. The highest BCUT2D eigenvalue weighted by Gasteiger charge is 2.05. The number of nitrogens with zero attached hydrogens (tertiary/aromatic N) is 1. The molecule has 5 heteroatoms. The lowest BCUT2D eigenvalue weighted by atomic mass is 10.1. The van der Waals surface area contributed by atoms with E-state index in [0.717, 1.165) is 22.3 Å². The molecule has 0 aliphatic carbocycles. The van der Waals surface area contributed by atoms with E-state index in [1.165, 1.54) is 0 Å². The smallest absolute Gasteiger partial charge is 0.305 e. The van der Waals surface area contributed by atoms with Crippen molar-refractivity contribution in [1.82, 2.24) is 4.98 Å². The van der Waals surface area contributed by atoms with Gasteiger partial charge in [-0.1, -0.05) is 0 Å². The number of ether oxygens (including phenoxy) is 1. The fourth-order valence-electron chi connectivity index (χ4n) is 1.93. The summed E-state index contributed by atoms with van der Waals surface area (Å²) in [6.07, 6.45) is 1.88. The van der Waals surface area contributed by atoms with Crippen LogP contribution < -0.4 is 10.1 Å². The molecule has 0 aliphatic heterocycles. The third-order valence-corrected chi connectivity index (χ3v) is 2.74. The van der Waals surface area contributed by atoms with E-state index in [1.807, 2.05) is 38.1 Å². The number of fused-ring (bicyclic) bond motifs is 1. The van der Waals surface area contributed by atoms with Crippen molar-refractivity contribution >= 4 is 22.6 Å². The SMILES string of the molecule is CC(C)Oc1ccc2nccc(NCCC(=O)O)c2c1. The highest BCUT2D eigenvalue weighted by molar-refractivity contribution is 5.92. The molecule has 5 nitrogen and oxygen atoms in total. The molecule has 2 rings (SSSR count). The molecule has 0 bridgehead atoms. The third kappa shape index (κ3) is 3.60. The zero-order chi connectivity index (χ0) is 14.5. The summed E-state index contributed by atoms with van der Waals surface area (Å²) in [7, 11) is 0. The van der Waals surface area contributed by atoms with Gasteiger partial charge in [-0.25, -0.2) is 0 Å². The van der Waals surface area contributed by atoms with Gasteiger partial charge >= 0.3 is 5.97 Å². The molecule has 0 fully saturated rings. The summed E-state index contributed by atoms with van der Waals surface area (Å²) in [5.41, 5.74) is 1.71.